The van der Waals surface area contributed by atoms with Gasteiger partial charge in [-0.05, 0) is 49.7 Å². The fraction of sp³-hybridized carbons (Fsp3) is 0.647. The number of rotatable bonds is 7. The van der Waals surface area contributed by atoms with Crippen molar-refractivity contribution in [2.75, 3.05) is 5.33 Å². The number of benzene rings is 1. The lowest BCUT2D eigenvalue weighted by atomic mass is 9.76. The Hall–Kier alpha value is -0.300. The van der Waals surface area contributed by atoms with Crippen molar-refractivity contribution in [1.82, 2.24) is 0 Å². The maximum absolute atomic E-state index is 3.76. The van der Waals surface area contributed by atoms with Crippen LogP contribution in [0, 0.1) is 19.3 Å². The molecule has 0 aromatic heterocycles. The van der Waals surface area contributed by atoms with Crippen molar-refractivity contribution >= 4 is 15.9 Å². The Kier molecular flexibility index (Phi) is 6.42. The lowest BCUT2D eigenvalue weighted by Crippen LogP contribution is -2.25. The highest BCUT2D eigenvalue weighted by molar-refractivity contribution is 9.09. The fourth-order valence-corrected chi connectivity index (χ4v) is 3.42. The summed E-state index contributed by atoms with van der Waals surface area (Å²) in [7, 11) is 0. The summed E-state index contributed by atoms with van der Waals surface area (Å²) in [4.78, 5) is 0. The molecule has 0 saturated heterocycles. The Morgan fingerprint density at radius 2 is 1.89 bits per heavy atom. The highest BCUT2D eigenvalue weighted by Crippen LogP contribution is 2.36. The zero-order valence-electron chi connectivity index (χ0n) is 12.4. The third kappa shape index (κ3) is 4.12. The Balaban J connectivity index is 2.91. The average molecular weight is 311 g/mol. The van der Waals surface area contributed by atoms with Crippen LogP contribution >= 0.6 is 15.9 Å². The van der Waals surface area contributed by atoms with Gasteiger partial charge in [-0.2, -0.15) is 0 Å². The van der Waals surface area contributed by atoms with E-state index in [-0.39, 0.29) is 0 Å². The summed E-state index contributed by atoms with van der Waals surface area (Å²) in [5, 5.41) is 1.11. The first-order valence-electron chi connectivity index (χ1n) is 7.19. The Morgan fingerprint density at radius 3 is 2.44 bits per heavy atom. The van der Waals surface area contributed by atoms with E-state index in [2.05, 4.69) is 61.8 Å². The van der Waals surface area contributed by atoms with Gasteiger partial charge in [-0.3, -0.25) is 0 Å². The first-order valence-corrected chi connectivity index (χ1v) is 8.31. The molecule has 0 aliphatic heterocycles. The van der Waals surface area contributed by atoms with E-state index in [0.717, 1.165) is 5.33 Å². The summed E-state index contributed by atoms with van der Waals surface area (Å²) in [6, 6.07) is 6.85. The van der Waals surface area contributed by atoms with Gasteiger partial charge in [0, 0.05) is 5.33 Å². The minimum absolute atomic E-state index is 0.439. The van der Waals surface area contributed by atoms with E-state index < -0.39 is 0 Å². The molecule has 0 aliphatic rings. The largest absolute Gasteiger partial charge is 0.0922 e. The SMILES string of the molecule is CCCCC(CC)(CBr)Cc1cc(C)ccc1C. The molecule has 18 heavy (non-hydrogen) atoms. The van der Waals surface area contributed by atoms with Crippen LogP contribution in [-0.2, 0) is 6.42 Å². The number of alkyl halides is 1. The number of hydrogen-bond donors (Lipinski definition) is 0. The van der Waals surface area contributed by atoms with E-state index in [1.54, 1.807) is 0 Å². The van der Waals surface area contributed by atoms with Crippen LogP contribution in [0.5, 0.6) is 0 Å². The van der Waals surface area contributed by atoms with Gasteiger partial charge in [0.05, 0.1) is 0 Å². The number of unbranched alkanes of at least 4 members (excludes halogenated alkanes) is 1. The van der Waals surface area contributed by atoms with E-state index in [1.165, 1.54) is 48.8 Å². The second-order valence-corrected chi connectivity index (χ2v) is 6.26. The normalized spacial score (nSPS) is 14.5. The maximum Gasteiger partial charge on any atom is 0.00910 e. The maximum atomic E-state index is 3.76. The zero-order chi connectivity index (χ0) is 13.6. The smallest absolute Gasteiger partial charge is 0.00910 e. The standard InChI is InChI=1S/C17H27Br/c1-5-7-10-17(6-2,13-18)12-16-11-14(3)8-9-15(16)4/h8-9,11H,5-7,10,12-13H2,1-4H3. The predicted octanol–water partition coefficient (Wildman–Crippen LogP) is 5.83. The molecule has 1 aromatic carbocycles. The van der Waals surface area contributed by atoms with Crippen LogP contribution in [0.15, 0.2) is 18.2 Å². The van der Waals surface area contributed by atoms with Crippen molar-refractivity contribution in [3.63, 3.8) is 0 Å². The molecule has 1 atom stereocenters. The topological polar surface area (TPSA) is 0 Å². The molecule has 0 N–H and O–H groups in total. The molecule has 1 unspecified atom stereocenters. The van der Waals surface area contributed by atoms with Gasteiger partial charge in [0.25, 0.3) is 0 Å². The van der Waals surface area contributed by atoms with E-state index in [1.807, 2.05) is 0 Å². The molecule has 0 bridgehead atoms. The van der Waals surface area contributed by atoms with Crippen LogP contribution in [0.3, 0.4) is 0 Å². The molecular formula is C17H27Br. The third-order valence-electron chi connectivity index (χ3n) is 4.16. The molecule has 1 heteroatoms. The van der Waals surface area contributed by atoms with E-state index in [4.69, 9.17) is 0 Å². The summed E-state index contributed by atoms with van der Waals surface area (Å²) in [6.07, 6.45) is 6.43. The van der Waals surface area contributed by atoms with Gasteiger partial charge in [0.2, 0.25) is 0 Å². The summed E-state index contributed by atoms with van der Waals surface area (Å²) in [5.74, 6) is 0. The minimum Gasteiger partial charge on any atom is -0.0922 e. The lowest BCUT2D eigenvalue weighted by Gasteiger charge is -2.32. The van der Waals surface area contributed by atoms with Crippen LogP contribution in [0.4, 0.5) is 0 Å². The quantitative estimate of drug-likeness (QED) is 0.556. The molecule has 0 fully saturated rings. The zero-order valence-corrected chi connectivity index (χ0v) is 13.9. The molecule has 0 saturated carbocycles. The van der Waals surface area contributed by atoms with Gasteiger partial charge < -0.3 is 0 Å². The monoisotopic (exact) mass is 310 g/mol. The van der Waals surface area contributed by atoms with E-state index in [9.17, 15) is 0 Å². The molecule has 0 spiro atoms. The predicted molar refractivity (Wildman–Crippen MR) is 85.7 cm³/mol. The summed E-state index contributed by atoms with van der Waals surface area (Å²) in [5.41, 5.74) is 4.79. The Morgan fingerprint density at radius 1 is 1.17 bits per heavy atom. The fourth-order valence-electron chi connectivity index (χ4n) is 2.55. The molecular weight excluding hydrogens is 284 g/mol. The molecule has 1 aromatic rings. The second kappa shape index (κ2) is 7.33. The number of hydrogen-bond acceptors (Lipinski definition) is 0. The minimum atomic E-state index is 0.439. The van der Waals surface area contributed by atoms with Crippen molar-refractivity contribution in [3.05, 3.63) is 34.9 Å². The van der Waals surface area contributed by atoms with Crippen molar-refractivity contribution in [1.29, 1.82) is 0 Å². The Bertz CT molecular complexity index is 364. The average Bonchev–Trinajstić information content (AvgIpc) is 2.39. The highest BCUT2D eigenvalue weighted by atomic mass is 79.9. The summed E-state index contributed by atoms with van der Waals surface area (Å²) < 4.78 is 0. The van der Waals surface area contributed by atoms with Gasteiger partial charge in [-0.15, -0.1) is 0 Å². The van der Waals surface area contributed by atoms with Crippen LogP contribution in [-0.4, -0.2) is 5.33 Å². The molecule has 0 nitrogen and oxygen atoms in total. The molecule has 1 rings (SSSR count). The van der Waals surface area contributed by atoms with Crippen molar-refractivity contribution < 1.29 is 0 Å². The van der Waals surface area contributed by atoms with Crippen molar-refractivity contribution in [2.24, 2.45) is 5.41 Å². The van der Waals surface area contributed by atoms with Crippen molar-refractivity contribution in [2.45, 2.75) is 59.8 Å². The second-order valence-electron chi connectivity index (χ2n) is 5.70. The van der Waals surface area contributed by atoms with Crippen LogP contribution in [0.25, 0.3) is 0 Å². The van der Waals surface area contributed by atoms with Gasteiger partial charge in [-0.1, -0.05) is 66.4 Å². The molecule has 0 aliphatic carbocycles. The first kappa shape index (κ1) is 15.8. The van der Waals surface area contributed by atoms with Crippen LogP contribution in [0.1, 0.15) is 56.2 Å². The van der Waals surface area contributed by atoms with E-state index >= 15 is 0 Å². The van der Waals surface area contributed by atoms with E-state index in [0.29, 0.717) is 5.41 Å². The lowest BCUT2D eigenvalue weighted by molar-refractivity contribution is 0.283. The van der Waals surface area contributed by atoms with Crippen LogP contribution < -0.4 is 0 Å². The van der Waals surface area contributed by atoms with Gasteiger partial charge >= 0.3 is 0 Å². The molecule has 0 radical (unpaired) electrons. The molecule has 0 heterocycles. The number of halogens is 1. The van der Waals surface area contributed by atoms with Gasteiger partial charge in [0.15, 0.2) is 0 Å². The number of aryl methyl sites for hydroxylation is 2. The Labute approximate surface area is 121 Å². The van der Waals surface area contributed by atoms with Crippen LogP contribution in [0.2, 0.25) is 0 Å². The van der Waals surface area contributed by atoms with Gasteiger partial charge in [0.1, 0.15) is 0 Å². The third-order valence-corrected chi connectivity index (χ3v) is 5.35. The first-order chi connectivity index (χ1) is 8.56. The summed E-state index contributed by atoms with van der Waals surface area (Å²) in [6.45, 7) is 9.05. The highest BCUT2D eigenvalue weighted by Gasteiger charge is 2.27. The molecule has 0 amide bonds. The summed E-state index contributed by atoms with van der Waals surface area (Å²) >= 11 is 3.76. The van der Waals surface area contributed by atoms with Gasteiger partial charge in [-0.25, -0.2) is 0 Å². The molecule has 102 valence electrons. The van der Waals surface area contributed by atoms with Crippen molar-refractivity contribution in [3.8, 4) is 0 Å².